The monoisotopic (exact) mass is 513 g/mol. The van der Waals surface area contributed by atoms with Crippen molar-refractivity contribution in [2.45, 2.75) is 54.0 Å². The number of carbonyl (C=O) groups is 3. The third-order valence-corrected chi connectivity index (χ3v) is 5.40. The van der Waals surface area contributed by atoms with E-state index in [1.807, 2.05) is 20.8 Å². The molecule has 0 aliphatic carbocycles. The van der Waals surface area contributed by atoms with Crippen molar-refractivity contribution in [1.29, 1.82) is 0 Å². The van der Waals surface area contributed by atoms with Crippen molar-refractivity contribution in [1.82, 2.24) is 5.32 Å². The first-order valence-corrected chi connectivity index (χ1v) is 11.3. The average Bonchev–Trinajstić information content (AvgIpc) is 2.54. The largest absolute Gasteiger partial charge is 0.500 e. The molecule has 0 rings (SSSR count). The second-order valence-corrected chi connectivity index (χ2v) is 7.91. The van der Waals surface area contributed by atoms with Gasteiger partial charge in [0.2, 0.25) is 0 Å². The molecule has 3 radical (unpaired) electrons. The summed E-state index contributed by atoms with van der Waals surface area (Å²) < 4.78 is 17.3. The Bertz CT molecular complexity index is 356. The molecule has 32 heavy (non-hydrogen) atoms. The van der Waals surface area contributed by atoms with Crippen LogP contribution in [0.1, 0.15) is 48.0 Å². The SMILES string of the molecule is CC(=O)O.CC(=O)O.CC(=O)O.CCO[Si](CCCNCCN)(OCC)OCC.[Na].[Na].[Na]. The zero-order chi connectivity index (χ0) is 23.7. The summed E-state index contributed by atoms with van der Waals surface area (Å²) in [6, 6.07) is 0.861. The maximum Gasteiger partial charge on any atom is 0.500 e. The van der Waals surface area contributed by atoms with Crippen LogP contribution in [0.3, 0.4) is 0 Å². The Kier molecular flexibility index (Phi) is 62.3. The summed E-state index contributed by atoms with van der Waals surface area (Å²) in [6.45, 7) is 13.6. The summed E-state index contributed by atoms with van der Waals surface area (Å²) >= 11 is 0. The van der Waals surface area contributed by atoms with Crippen molar-refractivity contribution >= 4 is 115 Å². The summed E-state index contributed by atoms with van der Waals surface area (Å²) in [7, 11) is -2.43. The standard InChI is InChI=1S/C11H28N2O3Si.3C2H4O2.3Na/c1-4-14-17(15-5-2,16-6-3)11-7-9-13-10-8-12;3*1-2(3)4;;;/h13H,4-12H2,1-3H3;3*1H3,(H,3,4);;;. The van der Waals surface area contributed by atoms with Crippen molar-refractivity contribution in [2.24, 2.45) is 5.73 Å². The van der Waals surface area contributed by atoms with E-state index in [2.05, 4.69) is 5.32 Å². The molecule has 0 spiro atoms. The van der Waals surface area contributed by atoms with E-state index in [1.54, 1.807) is 0 Å². The summed E-state index contributed by atoms with van der Waals surface area (Å²) in [4.78, 5) is 27.0. The van der Waals surface area contributed by atoms with Crippen molar-refractivity contribution in [2.75, 3.05) is 39.5 Å². The number of hydrogen-bond donors (Lipinski definition) is 5. The second kappa shape index (κ2) is 39.6. The molecule has 0 aromatic carbocycles. The molecule has 0 fully saturated rings. The molecule has 0 heterocycles. The predicted octanol–water partition coefficient (Wildman–Crippen LogP) is 0.104. The van der Waals surface area contributed by atoms with Crippen LogP contribution < -0.4 is 11.1 Å². The number of carboxylic acid groups (broad SMARTS) is 3. The maximum absolute atomic E-state index is 9.00. The first-order valence-electron chi connectivity index (χ1n) is 9.35. The van der Waals surface area contributed by atoms with Crippen LogP contribution in [-0.4, -0.2) is 170 Å². The van der Waals surface area contributed by atoms with Gasteiger partial charge in [-0.1, -0.05) is 0 Å². The molecule has 0 aliphatic rings. The molecule has 0 aromatic heterocycles. The number of nitrogens with two attached hydrogens (primary N) is 1. The van der Waals surface area contributed by atoms with Crippen LogP contribution in [0, 0.1) is 0 Å². The Labute approximate surface area is 260 Å². The van der Waals surface area contributed by atoms with E-state index in [0.29, 0.717) is 26.4 Å². The molecule has 0 amide bonds. The fourth-order valence-corrected chi connectivity index (χ4v) is 4.27. The fraction of sp³-hybridized carbons (Fsp3) is 0.824. The van der Waals surface area contributed by atoms with Crippen LogP contribution in [-0.2, 0) is 27.7 Å². The van der Waals surface area contributed by atoms with Gasteiger partial charge in [-0.05, 0) is 33.7 Å². The summed E-state index contributed by atoms with van der Waals surface area (Å²) in [6.07, 6.45) is 0.992. The average molecular weight is 514 g/mol. The van der Waals surface area contributed by atoms with Gasteiger partial charge in [-0.15, -0.1) is 0 Å². The summed E-state index contributed by atoms with van der Waals surface area (Å²) in [5.74, 6) is -2.50. The number of nitrogens with one attached hydrogen (secondary N) is 1. The molecule has 11 nitrogen and oxygen atoms in total. The van der Waals surface area contributed by atoms with Crippen molar-refractivity contribution in [3.05, 3.63) is 0 Å². The summed E-state index contributed by atoms with van der Waals surface area (Å²) in [5.41, 5.74) is 5.41. The van der Waals surface area contributed by atoms with Crippen LogP contribution in [0.15, 0.2) is 0 Å². The molecule has 0 aromatic rings. The van der Waals surface area contributed by atoms with Crippen LogP contribution in [0.5, 0.6) is 0 Å². The Morgan fingerprint density at radius 2 is 1.03 bits per heavy atom. The number of hydrogen-bond acceptors (Lipinski definition) is 8. The van der Waals surface area contributed by atoms with Crippen molar-refractivity contribution < 1.29 is 43.0 Å². The van der Waals surface area contributed by atoms with Crippen LogP contribution >= 0.6 is 0 Å². The van der Waals surface area contributed by atoms with E-state index in [0.717, 1.165) is 46.3 Å². The molecule has 0 saturated heterocycles. The first kappa shape index (κ1) is 50.3. The molecular formula is C17H40N2Na3O9Si. The van der Waals surface area contributed by atoms with Gasteiger partial charge < -0.3 is 39.6 Å². The molecule has 0 atom stereocenters. The van der Waals surface area contributed by atoms with Crippen LogP contribution in [0.2, 0.25) is 6.04 Å². The number of aliphatic carboxylic acids is 3. The van der Waals surface area contributed by atoms with E-state index >= 15 is 0 Å². The molecule has 0 saturated carbocycles. The fourth-order valence-electron chi connectivity index (χ4n) is 1.66. The second-order valence-electron chi connectivity index (χ2n) is 5.18. The summed E-state index contributed by atoms with van der Waals surface area (Å²) in [5, 5.41) is 25.5. The molecule has 15 heteroatoms. The van der Waals surface area contributed by atoms with E-state index < -0.39 is 26.7 Å². The van der Waals surface area contributed by atoms with Gasteiger partial charge in [0.15, 0.2) is 0 Å². The molecule has 179 valence electrons. The van der Waals surface area contributed by atoms with Gasteiger partial charge in [0, 0.05) is 148 Å². The van der Waals surface area contributed by atoms with E-state index in [1.165, 1.54) is 0 Å². The smallest absolute Gasteiger partial charge is 0.481 e. The molecule has 0 bridgehead atoms. The Morgan fingerprint density at radius 1 is 0.750 bits per heavy atom. The Morgan fingerprint density at radius 3 is 1.25 bits per heavy atom. The quantitative estimate of drug-likeness (QED) is 0.177. The molecular weight excluding hydrogens is 473 g/mol. The van der Waals surface area contributed by atoms with Gasteiger partial charge in [-0.2, -0.15) is 0 Å². The van der Waals surface area contributed by atoms with Gasteiger partial charge in [-0.25, -0.2) is 0 Å². The van der Waals surface area contributed by atoms with Gasteiger partial charge in [-0.3, -0.25) is 14.4 Å². The molecule has 0 aliphatic heterocycles. The normalized spacial score (nSPS) is 8.72. The van der Waals surface area contributed by atoms with Crippen molar-refractivity contribution in [3.63, 3.8) is 0 Å². The number of rotatable bonds is 12. The van der Waals surface area contributed by atoms with Gasteiger partial charge in [0.1, 0.15) is 0 Å². The maximum atomic E-state index is 9.00. The third-order valence-electron chi connectivity index (χ3n) is 2.25. The van der Waals surface area contributed by atoms with Gasteiger partial charge >= 0.3 is 8.80 Å². The minimum Gasteiger partial charge on any atom is -0.481 e. The zero-order valence-electron chi connectivity index (χ0n) is 21.5. The Balaban J connectivity index is -0.0000000694. The van der Waals surface area contributed by atoms with E-state index in [9.17, 15) is 0 Å². The Hall–Kier alpha value is 1.43. The molecule has 0 unspecified atom stereocenters. The number of carboxylic acids is 3. The first-order chi connectivity index (χ1) is 13.4. The molecule has 6 N–H and O–H groups in total. The zero-order valence-corrected chi connectivity index (χ0v) is 28.5. The predicted molar refractivity (Wildman–Crippen MR) is 129 cm³/mol. The van der Waals surface area contributed by atoms with Crippen LogP contribution in [0.25, 0.3) is 0 Å². The minimum atomic E-state index is -2.43. The van der Waals surface area contributed by atoms with Crippen molar-refractivity contribution in [3.8, 4) is 0 Å². The topological polar surface area (TPSA) is 178 Å². The van der Waals surface area contributed by atoms with Gasteiger partial charge in [0.25, 0.3) is 17.9 Å². The van der Waals surface area contributed by atoms with Gasteiger partial charge in [0.05, 0.1) is 0 Å². The third kappa shape index (κ3) is 63.4. The van der Waals surface area contributed by atoms with E-state index in [4.69, 9.17) is 48.7 Å². The van der Waals surface area contributed by atoms with Crippen LogP contribution in [0.4, 0.5) is 0 Å². The minimum absolute atomic E-state index is 0. The van der Waals surface area contributed by atoms with E-state index in [-0.39, 0.29) is 88.7 Å².